The van der Waals surface area contributed by atoms with Crippen LogP contribution in [0.25, 0.3) is 0 Å². The van der Waals surface area contributed by atoms with Crippen LogP contribution in [-0.4, -0.2) is 32.1 Å². The third-order valence-electron chi connectivity index (χ3n) is 2.68. The van der Waals surface area contributed by atoms with Crippen molar-refractivity contribution in [2.24, 2.45) is 4.99 Å². The van der Waals surface area contributed by atoms with E-state index in [0.29, 0.717) is 12.1 Å². The van der Waals surface area contributed by atoms with Crippen LogP contribution in [-0.2, 0) is 11.3 Å². The van der Waals surface area contributed by atoms with E-state index >= 15 is 0 Å². The number of nitrogens with one attached hydrogen (secondary N) is 2. The normalized spacial score (nSPS) is 11.1. The fraction of sp³-hybridized carbons (Fsp3) is 0.467. The van der Waals surface area contributed by atoms with Crippen LogP contribution >= 0.6 is 0 Å². The summed E-state index contributed by atoms with van der Waals surface area (Å²) in [6.07, 6.45) is 1.05. The molecule has 0 aliphatic carbocycles. The smallest absolute Gasteiger partial charge is 0.337 e. The van der Waals surface area contributed by atoms with Gasteiger partial charge in [-0.25, -0.2) is 9.79 Å². The van der Waals surface area contributed by atoms with Crippen molar-refractivity contribution in [2.75, 3.05) is 20.2 Å². The van der Waals surface area contributed by atoms with E-state index in [9.17, 15) is 4.79 Å². The molecule has 5 heteroatoms. The van der Waals surface area contributed by atoms with E-state index < -0.39 is 0 Å². The minimum absolute atomic E-state index is 0.321. The second kappa shape index (κ2) is 8.96. The van der Waals surface area contributed by atoms with Crippen molar-refractivity contribution in [3.63, 3.8) is 0 Å². The van der Waals surface area contributed by atoms with Gasteiger partial charge in [-0.3, -0.25) is 0 Å². The molecular weight excluding hydrogens is 254 g/mol. The summed E-state index contributed by atoms with van der Waals surface area (Å²) < 4.78 is 4.66. The standard InChI is InChI=1S/C15H23N3O2/c1-4-10-17-15(16-5-2)18-11-12-6-8-13(9-7-12)14(19)20-3/h6-9H,4-5,10-11H2,1-3H3,(H2,16,17,18). The van der Waals surface area contributed by atoms with Gasteiger partial charge in [0, 0.05) is 13.1 Å². The zero-order chi connectivity index (χ0) is 14.8. The molecule has 0 spiro atoms. The summed E-state index contributed by atoms with van der Waals surface area (Å²) in [7, 11) is 1.38. The molecule has 1 aromatic carbocycles. The van der Waals surface area contributed by atoms with Gasteiger partial charge in [-0.15, -0.1) is 0 Å². The Hall–Kier alpha value is -2.04. The molecule has 1 rings (SSSR count). The molecule has 0 bridgehead atoms. The van der Waals surface area contributed by atoms with Gasteiger partial charge in [-0.1, -0.05) is 19.1 Å². The van der Waals surface area contributed by atoms with Crippen LogP contribution in [0.1, 0.15) is 36.2 Å². The summed E-state index contributed by atoms with van der Waals surface area (Å²) in [5.41, 5.74) is 1.60. The molecule has 0 amide bonds. The van der Waals surface area contributed by atoms with E-state index in [4.69, 9.17) is 0 Å². The van der Waals surface area contributed by atoms with Crippen LogP contribution in [0, 0.1) is 0 Å². The van der Waals surface area contributed by atoms with Gasteiger partial charge >= 0.3 is 5.97 Å². The van der Waals surface area contributed by atoms with Gasteiger partial charge in [0.15, 0.2) is 5.96 Å². The summed E-state index contributed by atoms with van der Waals surface area (Å²) in [6, 6.07) is 7.28. The molecule has 0 atom stereocenters. The first-order chi connectivity index (χ1) is 9.71. The molecule has 1 aromatic rings. The fourth-order valence-corrected chi connectivity index (χ4v) is 1.62. The SMILES string of the molecule is CCCNC(=NCc1ccc(C(=O)OC)cc1)NCC. The minimum atomic E-state index is -0.321. The monoisotopic (exact) mass is 277 g/mol. The van der Waals surface area contributed by atoms with Crippen molar-refractivity contribution in [3.8, 4) is 0 Å². The molecule has 110 valence electrons. The largest absolute Gasteiger partial charge is 0.465 e. The van der Waals surface area contributed by atoms with Gasteiger partial charge in [-0.05, 0) is 31.0 Å². The van der Waals surface area contributed by atoms with Gasteiger partial charge in [0.05, 0.1) is 19.2 Å². The average Bonchev–Trinajstić information content (AvgIpc) is 2.49. The number of carbonyl (C=O) groups excluding carboxylic acids is 1. The highest BCUT2D eigenvalue weighted by atomic mass is 16.5. The Balaban J connectivity index is 2.64. The van der Waals surface area contributed by atoms with Crippen LogP contribution in [0.2, 0.25) is 0 Å². The third kappa shape index (κ3) is 5.30. The summed E-state index contributed by atoms with van der Waals surface area (Å²) >= 11 is 0. The van der Waals surface area contributed by atoms with Gasteiger partial charge in [0.1, 0.15) is 0 Å². The number of benzene rings is 1. The first kappa shape index (κ1) is 16.0. The Kier molecular flexibility index (Phi) is 7.17. The van der Waals surface area contributed by atoms with Crippen LogP contribution in [0.5, 0.6) is 0 Å². The number of hydrogen-bond donors (Lipinski definition) is 2. The lowest BCUT2D eigenvalue weighted by Gasteiger charge is -2.10. The number of hydrogen-bond acceptors (Lipinski definition) is 3. The highest BCUT2D eigenvalue weighted by Gasteiger charge is 2.04. The van der Waals surface area contributed by atoms with Gasteiger partial charge < -0.3 is 15.4 Å². The van der Waals surface area contributed by atoms with Crippen molar-refractivity contribution >= 4 is 11.9 Å². The third-order valence-corrected chi connectivity index (χ3v) is 2.68. The number of methoxy groups -OCH3 is 1. The number of rotatable bonds is 6. The maximum atomic E-state index is 11.3. The van der Waals surface area contributed by atoms with Gasteiger partial charge in [0.25, 0.3) is 0 Å². The van der Waals surface area contributed by atoms with Crippen LogP contribution in [0.3, 0.4) is 0 Å². The quantitative estimate of drug-likeness (QED) is 0.474. The topological polar surface area (TPSA) is 62.7 Å². The van der Waals surface area contributed by atoms with E-state index in [-0.39, 0.29) is 5.97 Å². The predicted octanol–water partition coefficient (Wildman–Crippen LogP) is 1.94. The first-order valence-electron chi connectivity index (χ1n) is 6.90. The molecular formula is C15H23N3O2. The summed E-state index contributed by atoms with van der Waals surface area (Å²) in [5.74, 6) is 0.490. The first-order valence-corrected chi connectivity index (χ1v) is 6.90. The molecule has 0 saturated carbocycles. The lowest BCUT2D eigenvalue weighted by molar-refractivity contribution is 0.0600. The molecule has 0 aliphatic heterocycles. The number of nitrogens with zero attached hydrogens (tertiary/aromatic N) is 1. The number of guanidine groups is 1. The molecule has 0 aromatic heterocycles. The highest BCUT2D eigenvalue weighted by molar-refractivity contribution is 5.89. The van der Waals surface area contributed by atoms with Gasteiger partial charge in [0.2, 0.25) is 0 Å². The van der Waals surface area contributed by atoms with Crippen molar-refractivity contribution in [3.05, 3.63) is 35.4 Å². The van der Waals surface area contributed by atoms with E-state index in [1.807, 2.05) is 19.1 Å². The number of aliphatic imine (C=N–C) groups is 1. The zero-order valence-corrected chi connectivity index (χ0v) is 12.4. The number of carbonyl (C=O) groups is 1. The summed E-state index contributed by atoms with van der Waals surface area (Å²) in [6.45, 7) is 6.45. The average molecular weight is 277 g/mol. The van der Waals surface area contributed by atoms with Gasteiger partial charge in [-0.2, -0.15) is 0 Å². The second-order valence-corrected chi connectivity index (χ2v) is 4.31. The van der Waals surface area contributed by atoms with Crippen molar-refractivity contribution in [1.29, 1.82) is 0 Å². The lowest BCUT2D eigenvalue weighted by atomic mass is 10.1. The summed E-state index contributed by atoms with van der Waals surface area (Å²) in [5, 5.41) is 6.44. The van der Waals surface area contributed by atoms with E-state index in [0.717, 1.165) is 31.0 Å². The Morgan fingerprint density at radius 3 is 2.45 bits per heavy atom. The molecule has 0 fully saturated rings. The molecule has 0 unspecified atom stereocenters. The maximum absolute atomic E-state index is 11.3. The van der Waals surface area contributed by atoms with Crippen molar-refractivity contribution in [1.82, 2.24) is 10.6 Å². The Morgan fingerprint density at radius 1 is 1.20 bits per heavy atom. The second-order valence-electron chi connectivity index (χ2n) is 4.31. The Bertz CT molecular complexity index is 441. The van der Waals surface area contributed by atoms with Crippen molar-refractivity contribution < 1.29 is 9.53 Å². The van der Waals surface area contributed by atoms with E-state index in [2.05, 4.69) is 27.3 Å². The number of ether oxygens (including phenoxy) is 1. The molecule has 0 aliphatic rings. The van der Waals surface area contributed by atoms with Crippen LogP contribution in [0.15, 0.2) is 29.3 Å². The Morgan fingerprint density at radius 2 is 1.90 bits per heavy atom. The summed E-state index contributed by atoms with van der Waals surface area (Å²) in [4.78, 5) is 15.8. The van der Waals surface area contributed by atoms with Crippen molar-refractivity contribution in [2.45, 2.75) is 26.8 Å². The molecule has 0 heterocycles. The molecule has 2 N–H and O–H groups in total. The predicted molar refractivity (Wildman–Crippen MR) is 80.9 cm³/mol. The highest BCUT2D eigenvalue weighted by Crippen LogP contribution is 2.06. The zero-order valence-electron chi connectivity index (χ0n) is 12.4. The fourth-order valence-electron chi connectivity index (χ4n) is 1.62. The van der Waals surface area contributed by atoms with Crippen LogP contribution < -0.4 is 10.6 Å². The van der Waals surface area contributed by atoms with E-state index in [1.54, 1.807) is 12.1 Å². The number of esters is 1. The van der Waals surface area contributed by atoms with E-state index in [1.165, 1.54) is 7.11 Å². The molecule has 0 radical (unpaired) electrons. The lowest BCUT2D eigenvalue weighted by Crippen LogP contribution is -2.37. The molecule has 20 heavy (non-hydrogen) atoms. The molecule has 0 saturated heterocycles. The van der Waals surface area contributed by atoms with Crippen LogP contribution in [0.4, 0.5) is 0 Å². The molecule has 5 nitrogen and oxygen atoms in total. The minimum Gasteiger partial charge on any atom is -0.465 e. The Labute approximate surface area is 120 Å². The maximum Gasteiger partial charge on any atom is 0.337 e.